The van der Waals surface area contributed by atoms with E-state index >= 15 is 9.59 Å². The van der Waals surface area contributed by atoms with Crippen LogP contribution in [0.3, 0.4) is 0 Å². The van der Waals surface area contributed by atoms with Gasteiger partial charge in [0.05, 0.1) is 34.5 Å². The van der Waals surface area contributed by atoms with Gasteiger partial charge in [0.2, 0.25) is 23.6 Å². The molecule has 284 valence electrons. The number of anilines is 2. The van der Waals surface area contributed by atoms with Gasteiger partial charge >= 0.3 is 0 Å². The van der Waals surface area contributed by atoms with Crippen molar-refractivity contribution in [1.82, 2.24) is 0 Å². The van der Waals surface area contributed by atoms with Crippen molar-refractivity contribution < 1.29 is 29.1 Å². The second kappa shape index (κ2) is 13.5. The number of halogens is 1. The van der Waals surface area contributed by atoms with Crippen molar-refractivity contribution in [3.63, 3.8) is 0 Å². The predicted molar refractivity (Wildman–Crippen MR) is 221 cm³/mol. The molecule has 0 spiro atoms. The Bertz CT molecular complexity index is 2750. The number of phenols is 1. The van der Waals surface area contributed by atoms with Crippen LogP contribution in [0.4, 0.5) is 11.4 Å². The Kier molecular flexibility index (Phi) is 8.32. The molecule has 1 N–H and O–H groups in total. The molecular weight excluding hydrogens is 748 g/mol. The summed E-state index contributed by atoms with van der Waals surface area (Å²) in [7, 11) is 0. The van der Waals surface area contributed by atoms with E-state index in [4.69, 9.17) is 11.6 Å². The van der Waals surface area contributed by atoms with Gasteiger partial charge < -0.3 is 5.11 Å². The van der Waals surface area contributed by atoms with Crippen LogP contribution in [0.1, 0.15) is 45.8 Å². The minimum absolute atomic E-state index is 0.0112. The van der Waals surface area contributed by atoms with Crippen molar-refractivity contribution in [3.05, 3.63) is 185 Å². The first-order valence-corrected chi connectivity index (χ1v) is 19.8. The summed E-state index contributed by atoms with van der Waals surface area (Å²) in [5, 5.41) is 14.0. The third-order valence-corrected chi connectivity index (χ3v) is 13.1. The maximum absolute atomic E-state index is 15.6. The van der Waals surface area contributed by atoms with E-state index in [0.29, 0.717) is 44.0 Å². The van der Waals surface area contributed by atoms with Gasteiger partial charge in [-0.1, -0.05) is 126 Å². The molecule has 4 amide bonds. The normalized spacial score (nSPS) is 25.1. The lowest BCUT2D eigenvalue weighted by Crippen LogP contribution is -2.53. The van der Waals surface area contributed by atoms with Gasteiger partial charge in [-0.25, -0.2) is 4.90 Å². The number of allylic oxidation sites excluding steroid dienone is 2. The average molecular weight is 783 g/mol. The van der Waals surface area contributed by atoms with Crippen LogP contribution in [0, 0.1) is 23.7 Å². The second-order valence-electron chi connectivity index (χ2n) is 15.6. The van der Waals surface area contributed by atoms with Crippen LogP contribution in [0.25, 0.3) is 10.8 Å². The van der Waals surface area contributed by atoms with Crippen LogP contribution in [-0.4, -0.2) is 34.5 Å². The Morgan fingerprint density at radius 2 is 1.34 bits per heavy atom. The Morgan fingerprint density at radius 1 is 0.655 bits per heavy atom. The van der Waals surface area contributed by atoms with E-state index in [0.717, 1.165) is 11.0 Å². The Balaban J connectivity index is 1.13. The minimum Gasteiger partial charge on any atom is -0.507 e. The molecule has 3 fully saturated rings. The van der Waals surface area contributed by atoms with E-state index in [9.17, 15) is 19.5 Å². The van der Waals surface area contributed by atoms with E-state index in [1.54, 1.807) is 72.8 Å². The van der Waals surface area contributed by atoms with Crippen molar-refractivity contribution in [2.24, 2.45) is 23.7 Å². The fourth-order valence-corrected chi connectivity index (χ4v) is 10.6. The summed E-state index contributed by atoms with van der Waals surface area (Å²) < 4.78 is 0. The first kappa shape index (κ1) is 35.8. The average Bonchev–Trinajstić information content (AvgIpc) is 3.65. The number of ketones is 1. The van der Waals surface area contributed by atoms with Crippen LogP contribution in [0.2, 0.25) is 5.02 Å². The van der Waals surface area contributed by atoms with E-state index in [2.05, 4.69) is 0 Å². The quantitative estimate of drug-likeness (QED) is 0.103. The number of fused-ring (bicyclic) bond motifs is 5. The van der Waals surface area contributed by atoms with Gasteiger partial charge in [-0.3, -0.25) is 28.9 Å². The van der Waals surface area contributed by atoms with Gasteiger partial charge in [-0.05, 0) is 72.2 Å². The Morgan fingerprint density at radius 3 is 2.09 bits per heavy atom. The topological polar surface area (TPSA) is 112 Å². The summed E-state index contributed by atoms with van der Waals surface area (Å²) in [6.07, 6.45) is 2.32. The highest BCUT2D eigenvalue weighted by Gasteiger charge is 2.70. The molecule has 2 aliphatic heterocycles. The maximum atomic E-state index is 15.6. The first-order chi connectivity index (χ1) is 28.2. The molecule has 9 heteroatoms. The van der Waals surface area contributed by atoms with Crippen LogP contribution in [0.5, 0.6) is 5.75 Å². The lowest BCUT2D eigenvalue weighted by atomic mass is 9.49. The molecule has 58 heavy (non-hydrogen) atoms. The summed E-state index contributed by atoms with van der Waals surface area (Å²) in [4.78, 5) is 75.4. The number of hydrogen-bond donors (Lipinski definition) is 1. The van der Waals surface area contributed by atoms with E-state index < -0.39 is 52.7 Å². The Hall–Kier alpha value is -6.64. The number of benzene rings is 6. The molecular formula is C49H35ClN2O6. The maximum Gasteiger partial charge on any atom is 0.246 e. The number of imide groups is 2. The minimum atomic E-state index is -1.53. The molecule has 0 bridgehead atoms. The molecule has 2 aliphatic carbocycles. The largest absolute Gasteiger partial charge is 0.507 e. The molecule has 4 aliphatic rings. The second-order valence-corrected chi connectivity index (χ2v) is 16.0. The van der Waals surface area contributed by atoms with Gasteiger partial charge in [0.15, 0.2) is 5.78 Å². The Labute approximate surface area is 339 Å². The van der Waals surface area contributed by atoms with Crippen molar-refractivity contribution in [1.29, 1.82) is 0 Å². The molecule has 6 unspecified atom stereocenters. The summed E-state index contributed by atoms with van der Waals surface area (Å²) in [5.74, 6) is -5.84. The number of nitrogens with zero attached hydrogens (tertiary/aromatic N) is 2. The van der Waals surface area contributed by atoms with E-state index in [1.165, 1.54) is 9.80 Å². The van der Waals surface area contributed by atoms with Crippen molar-refractivity contribution in [2.75, 3.05) is 9.80 Å². The fraction of sp³-hybridized carbons (Fsp3) is 0.163. The third kappa shape index (κ3) is 5.11. The molecule has 0 aromatic heterocycles. The molecule has 6 aromatic rings. The van der Waals surface area contributed by atoms with Crippen molar-refractivity contribution in [3.8, 4) is 5.75 Å². The third-order valence-electron chi connectivity index (χ3n) is 12.8. The lowest BCUT2D eigenvalue weighted by molar-refractivity contribution is -0.127. The highest BCUT2D eigenvalue weighted by molar-refractivity contribution is 6.32. The van der Waals surface area contributed by atoms with Gasteiger partial charge in [0.25, 0.3) is 0 Å². The smallest absolute Gasteiger partial charge is 0.246 e. The van der Waals surface area contributed by atoms with Gasteiger partial charge in [-0.2, -0.15) is 0 Å². The molecule has 2 heterocycles. The number of amides is 4. The number of carbonyl (C=O) groups is 5. The number of carbonyl (C=O) groups excluding carboxylic acids is 5. The zero-order chi connectivity index (χ0) is 39.9. The van der Waals surface area contributed by atoms with Crippen LogP contribution in [-0.2, 0) is 24.6 Å². The molecule has 10 rings (SSSR count). The van der Waals surface area contributed by atoms with Gasteiger partial charge in [0, 0.05) is 33.0 Å². The summed E-state index contributed by atoms with van der Waals surface area (Å²) in [5.41, 5.74) is 1.93. The van der Waals surface area contributed by atoms with Crippen molar-refractivity contribution in [2.45, 2.75) is 24.2 Å². The molecule has 6 aromatic carbocycles. The zero-order valence-electron chi connectivity index (χ0n) is 31.0. The molecule has 0 radical (unpaired) electrons. The molecule has 6 atom stereocenters. The van der Waals surface area contributed by atoms with Crippen LogP contribution >= 0.6 is 11.6 Å². The SMILES string of the molecule is O=C(c1ccccc1)c1ccc(N2C(=O)C3CC=C4C(CC5C(=O)N(c6cccc(Cl)c6)C(=O)C5(c5ccccc5)C4c4ccc5ccccc5c4O)C3C2=O)cc1. The summed E-state index contributed by atoms with van der Waals surface area (Å²) >= 11 is 6.45. The monoisotopic (exact) mass is 782 g/mol. The number of rotatable bonds is 6. The first-order valence-electron chi connectivity index (χ1n) is 19.4. The molecule has 2 saturated heterocycles. The lowest BCUT2D eigenvalue weighted by Gasteiger charge is -2.50. The van der Waals surface area contributed by atoms with Gasteiger partial charge in [0.1, 0.15) is 5.75 Å². The van der Waals surface area contributed by atoms with E-state index in [1.807, 2.05) is 78.9 Å². The fourth-order valence-electron chi connectivity index (χ4n) is 10.4. The number of hydrogen-bond acceptors (Lipinski definition) is 6. The highest BCUT2D eigenvalue weighted by Crippen LogP contribution is 2.65. The zero-order valence-corrected chi connectivity index (χ0v) is 31.8. The number of aromatic hydroxyl groups is 1. The predicted octanol–water partition coefficient (Wildman–Crippen LogP) is 8.80. The number of phenolic OH excluding ortho intramolecular Hbond substituents is 1. The van der Waals surface area contributed by atoms with Crippen LogP contribution < -0.4 is 9.80 Å². The molecule has 1 saturated carbocycles. The summed E-state index contributed by atoms with van der Waals surface area (Å²) in [6.45, 7) is 0. The van der Waals surface area contributed by atoms with Gasteiger partial charge in [-0.15, -0.1) is 0 Å². The van der Waals surface area contributed by atoms with Crippen molar-refractivity contribution >= 4 is 63.2 Å². The standard InChI is InChI=1S/C49H35ClN2O6/c50-32-15-9-16-34(26-32)52-46(56)40-27-39-36(42(49(40,48(52)58)31-13-5-2-6-14-31)38-23-20-28-10-7-8-17-35(28)44(38)54)24-25-37-41(39)47(57)51(45(37)55)33-21-18-30(19-22-33)43(53)29-11-3-1-4-12-29/h1-24,26,37,39-42,54H,25,27H2. The highest BCUT2D eigenvalue weighted by atomic mass is 35.5. The van der Waals surface area contributed by atoms with Crippen LogP contribution in [0.15, 0.2) is 157 Å². The van der Waals surface area contributed by atoms with E-state index in [-0.39, 0.29) is 30.3 Å². The summed E-state index contributed by atoms with van der Waals surface area (Å²) in [6, 6.07) is 42.4. The molecule has 8 nitrogen and oxygen atoms in total.